The van der Waals surface area contributed by atoms with Crippen LogP contribution in [0.5, 0.6) is 0 Å². The van der Waals surface area contributed by atoms with Gasteiger partial charge in [0.15, 0.2) is 0 Å². The molecule has 2 heterocycles. The van der Waals surface area contributed by atoms with Crippen molar-refractivity contribution in [2.45, 2.75) is 6.42 Å². The highest BCUT2D eigenvalue weighted by atomic mass is 35.5. The summed E-state index contributed by atoms with van der Waals surface area (Å²) in [5.74, 6) is 0.645. The molecule has 2 aromatic heterocycles. The van der Waals surface area contributed by atoms with Crippen LogP contribution in [-0.2, 0) is 6.42 Å². The highest BCUT2D eigenvalue weighted by molar-refractivity contribution is 7.17. The van der Waals surface area contributed by atoms with Crippen molar-refractivity contribution >= 4 is 43.9 Å². The largest absolute Gasteiger partial charge is 0.310 e. The summed E-state index contributed by atoms with van der Waals surface area (Å²) in [5.41, 5.74) is 2.86. The summed E-state index contributed by atoms with van der Waals surface area (Å²) in [6.07, 6.45) is 0.537. The van der Waals surface area contributed by atoms with Gasteiger partial charge in [-0.2, -0.15) is 0 Å². The molecule has 5 aromatic rings. The van der Waals surface area contributed by atoms with E-state index in [1.165, 1.54) is 16.7 Å². The third kappa shape index (κ3) is 3.11. The lowest BCUT2D eigenvalue weighted by Crippen LogP contribution is -2.11. The van der Waals surface area contributed by atoms with Crippen LogP contribution in [0.3, 0.4) is 0 Å². The first-order valence-corrected chi connectivity index (χ1v) is 10.2. The van der Waals surface area contributed by atoms with Crippen LogP contribution in [0.25, 0.3) is 32.1 Å². The van der Waals surface area contributed by atoms with Crippen LogP contribution in [-0.4, -0.2) is 9.97 Å². The van der Waals surface area contributed by atoms with E-state index in [2.05, 4.69) is 40.3 Å². The summed E-state index contributed by atoms with van der Waals surface area (Å²) in [7, 11) is 0. The van der Waals surface area contributed by atoms with Crippen LogP contribution in [0, 0.1) is 0 Å². The minimum absolute atomic E-state index is 0.105. The number of nitrogens with one attached hydrogen (secondary N) is 1. The maximum Gasteiger partial charge on any atom is 0.260 e. The molecule has 1 N–H and O–H groups in total. The van der Waals surface area contributed by atoms with Crippen LogP contribution >= 0.6 is 22.9 Å². The predicted molar refractivity (Wildman–Crippen MR) is 117 cm³/mol. The van der Waals surface area contributed by atoms with Crippen molar-refractivity contribution in [3.63, 3.8) is 0 Å². The van der Waals surface area contributed by atoms with E-state index in [0.717, 1.165) is 26.9 Å². The summed E-state index contributed by atoms with van der Waals surface area (Å²) >= 11 is 7.56. The summed E-state index contributed by atoms with van der Waals surface area (Å²) in [6.45, 7) is 0. The number of hydrogen-bond donors (Lipinski definition) is 1. The zero-order valence-corrected chi connectivity index (χ0v) is 16.3. The second-order valence-electron chi connectivity index (χ2n) is 6.71. The Morgan fingerprint density at radius 2 is 1.82 bits per heavy atom. The lowest BCUT2D eigenvalue weighted by molar-refractivity contribution is 0.977. The van der Waals surface area contributed by atoms with E-state index in [9.17, 15) is 4.79 Å². The Bertz CT molecular complexity index is 1390. The minimum atomic E-state index is -0.105. The SMILES string of the molecule is O=c1[nH]c(Cc2cccc(Cl)c2)nc2scc(-c3ccc4ccccc4c3)c12. The highest BCUT2D eigenvalue weighted by Crippen LogP contribution is 2.32. The van der Waals surface area contributed by atoms with E-state index < -0.39 is 0 Å². The molecular weight excluding hydrogens is 388 g/mol. The van der Waals surface area contributed by atoms with Gasteiger partial charge in [-0.05, 0) is 40.1 Å². The molecule has 0 radical (unpaired) electrons. The highest BCUT2D eigenvalue weighted by Gasteiger charge is 2.13. The zero-order chi connectivity index (χ0) is 19.1. The van der Waals surface area contributed by atoms with Gasteiger partial charge in [-0.3, -0.25) is 4.79 Å². The Balaban J connectivity index is 1.59. The normalized spacial score (nSPS) is 11.3. The van der Waals surface area contributed by atoms with Gasteiger partial charge in [0.2, 0.25) is 0 Å². The first-order chi connectivity index (χ1) is 13.7. The molecule has 136 valence electrons. The molecule has 5 heteroatoms. The van der Waals surface area contributed by atoms with Gasteiger partial charge in [0.25, 0.3) is 5.56 Å². The maximum atomic E-state index is 12.9. The number of benzene rings is 3. The standard InChI is InChI=1S/C23H15ClN2OS/c24-18-7-3-4-14(10-18)11-20-25-22(27)21-19(13-28-23(21)26-20)17-9-8-15-5-1-2-6-16(15)12-17/h1-10,12-13H,11H2,(H,25,26,27). The van der Waals surface area contributed by atoms with Gasteiger partial charge in [0.05, 0.1) is 5.39 Å². The minimum Gasteiger partial charge on any atom is -0.310 e. The zero-order valence-electron chi connectivity index (χ0n) is 14.8. The molecule has 3 aromatic carbocycles. The second-order valence-corrected chi connectivity index (χ2v) is 8.01. The summed E-state index contributed by atoms with van der Waals surface area (Å²) < 4.78 is 0. The molecule has 0 spiro atoms. The predicted octanol–water partition coefficient (Wildman–Crippen LogP) is 6.05. The van der Waals surface area contributed by atoms with Crippen LogP contribution in [0.15, 0.2) is 76.9 Å². The molecule has 0 aliphatic carbocycles. The number of halogens is 1. The first-order valence-electron chi connectivity index (χ1n) is 8.91. The molecule has 0 bridgehead atoms. The van der Waals surface area contributed by atoms with Crippen molar-refractivity contribution < 1.29 is 0 Å². The molecule has 0 amide bonds. The molecule has 0 saturated heterocycles. The van der Waals surface area contributed by atoms with Crippen LogP contribution < -0.4 is 5.56 Å². The van der Waals surface area contributed by atoms with Gasteiger partial charge < -0.3 is 4.98 Å². The molecule has 3 nitrogen and oxygen atoms in total. The Labute approximate surface area is 170 Å². The van der Waals surface area contributed by atoms with E-state index in [1.807, 2.05) is 41.8 Å². The van der Waals surface area contributed by atoms with Gasteiger partial charge >= 0.3 is 0 Å². The number of fused-ring (bicyclic) bond motifs is 2. The Morgan fingerprint density at radius 3 is 2.68 bits per heavy atom. The molecular formula is C23H15ClN2OS. The fraction of sp³-hybridized carbons (Fsp3) is 0.0435. The fourth-order valence-electron chi connectivity index (χ4n) is 3.49. The van der Waals surface area contributed by atoms with E-state index in [1.54, 1.807) is 0 Å². The Kier molecular flexibility index (Phi) is 4.23. The average molecular weight is 403 g/mol. The molecule has 5 rings (SSSR count). The van der Waals surface area contributed by atoms with Crippen LogP contribution in [0.2, 0.25) is 5.02 Å². The van der Waals surface area contributed by atoms with Crippen LogP contribution in [0.1, 0.15) is 11.4 Å². The van der Waals surface area contributed by atoms with Crippen molar-refractivity contribution in [2.24, 2.45) is 0 Å². The van der Waals surface area contributed by atoms with Gasteiger partial charge in [-0.1, -0.05) is 60.1 Å². The molecule has 0 aliphatic rings. The van der Waals surface area contributed by atoms with Crippen molar-refractivity contribution in [1.82, 2.24) is 9.97 Å². The third-order valence-electron chi connectivity index (χ3n) is 4.81. The van der Waals surface area contributed by atoms with Crippen molar-refractivity contribution in [2.75, 3.05) is 0 Å². The van der Waals surface area contributed by atoms with Gasteiger partial charge in [0.1, 0.15) is 10.7 Å². The summed E-state index contributed by atoms with van der Waals surface area (Å²) in [6, 6.07) is 22.1. The number of aromatic nitrogens is 2. The van der Waals surface area contributed by atoms with E-state index in [4.69, 9.17) is 11.6 Å². The average Bonchev–Trinajstić information content (AvgIpc) is 3.12. The van der Waals surface area contributed by atoms with Gasteiger partial charge in [-0.15, -0.1) is 11.3 Å². The molecule has 0 unspecified atom stereocenters. The number of thiophene rings is 1. The Hall–Kier alpha value is -2.95. The fourth-order valence-corrected chi connectivity index (χ4v) is 4.67. The van der Waals surface area contributed by atoms with Crippen molar-refractivity contribution in [1.29, 1.82) is 0 Å². The van der Waals surface area contributed by atoms with E-state index in [-0.39, 0.29) is 5.56 Å². The number of nitrogens with zero attached hydrogens (tertiary/aromatic N) is 1. The van der Waals surface area contributed by atoms with Crippen LogP contribution in [0.4, 0.5) is 0 Å². The Morgan fingerprint density at radius 1 is 0.964 bits per heavy atom. The summed E-state index contributed by atoms with van der Waals surface area (Å²) in [5, 5.41) is 5.67. The van der Waals surface area contributed by atoms with Gasteiger partial charge in [0, 0.05) is 22.4 Å². The van der Waals surface area contributed by atoms with E-state index in [0.29, 0.717) is 22.7 Å². The monoisotopic (exact) mass is 402 g/mol. The number of rotatable bonds is 3. The van der Waals surface area contributed by atoms with E-state index >= 15 is 0 Å². The molecule has 0 atom stereocenters. The number of aromatic amines is 1. The number of H-pyrrole nitrogens is 1. The lowest BCUT2D eigenvalue weighted by atomic mass is 10.0. The lowest BCUT2D eigenvalue weighted by Gasteiger charge is -2.04. The molecule has 0 aliphatic heterocycles. The molecule has 28 heavy (non-hydrogen) atoms. The topological polar surface area (TPSA) is 45.8 Å². The smallest absolute Gasteiger partial charge is 0.260 e. The molecule has 0 saturated carbocycles. The third-order valence-corrected chi connectivity index (χ3v) is 5.92. The number of hydrogen-bond acceptors (Lipinski definition) is 3. The quantitative estimate of drug-likeness (QED) is 0.399. The maximum absolute atomic E-state index is 12.9. The van der Waals surface area contributed by atoms with Gasteiger partial charge in [-0.25, -0.2) is 4.98 Å². The van der Waals surface area contributed by atoms with Crippen molar-refractivity contribution in [3.05, 3.63) is 98.9 Å². The second kappa shape index (κ2) is 6.89. The summed E-state index contributed by atoms with van der Waals surface area (Å²) in [4.78, 5) is 21.3. The van der Waals surface area contributed by atoms with Crippen molar-refractivity contribution in [3.8, 4) is 11.1 Å². The first kappa shape index (κ1) is 17.2. The molecule has 0 fully saturated rings.